The molecule has 1 aliphatic heterocycles. The fourth-order valence-corrected chi connectivity index (χ4v) is 2.12. The Kier molecular flexibility index (Phi) is 4.17. The molecule has 0 N–H and O–H groups in total. The minimum atomic E-state index is -0.479. The van der Waals surface area contributed by atoms with E-state index in [1.54, 1.807) is 4.90 Å². The molecule has 1 rings (SSSR count). The molecule has 1 fully saturated rings. The molecule has 1 amide bonds. The van der Waals surface area contributed by atoms with Crippen molar-refractivity contribution < 1.29 is 14.3 Å². The lowest BCUT2D eigenvalue weighted by Gasteiger charge is -2.24. The van der Waals surface area contributed by atoms with Gasteiger partial charge in [-0.05, 0) is 26.7 Å². The first kappa shape index (κ1) is 14.0. The van der Waals surface area contributed by atoms with Crippen LogP contribution in [0.1, 0.15) is 41.0 Å². The van der Waals surface area contributed by atoms with Crippen molar-refractivity contribution in [1.29, 1.82) is 0 Å². The third-order valence-corrected chi connectivity index (χ3v) is 3.03. The second kappa shape index (κ2) is 5.07. The third-order valence-electron chi connectivity index (χ3n) is 3.03. The summed E-state index contributed by atoms with van der Waals surface area (Å²) >= 11 is 0. The lowest BCUT2D eigenvalue weighted by atomic mass is 9.92. The van der Waals surface area contributed by atoms with Crippen molar-refractivity contribution in [3.8, 4) is 0 Å². The maximum absolute atomic E-state index is 11.9. The van der Waals surface area contributed by atoms with E-state index < -0.39 is 5.60 Å². The van der Waals surface area contributed by atoms with Gasteiger partial charge in [0.2, 0.25) is 0 Å². The molecule has 0 bridgehead atoms. The Morgan fingerprint density at radius 2 is 1.88 bits per heavy atom. The Labute approximate surface area is 103 Å². The lowest BCUT2D eigenvalue weighted by molar-refractivity contribution is -0.123. The number of rotatable bonds is 2. The molecule has 4 heteroatoms. The first-order valence-corrected chi connectivity index (χ1v) is 6.25. The van der Waals surface area contributed by atoms with E-state index in [-0.39, 0.29) is 23.7 Å². The maximum atomic E-state index is 11.9. The molecule has 0 radical (unpaired) electrons. The molecule has 1 aliphatic rings. The van der Waals surface area contributed by atoms with Gasteiger partial charge < -0.3 is 9.64 Å². The van der Waals surface area contributed by atoms with Crippen molar-refractivity contribution in [3.63, 3.8) is 0 Å². The lowest BCUT2D eigenvalue weighted by Crippen LogP contribution is -2.35. The molecule has 0 aromatic heterocycles. The highest BCUT2D eigenvalue weighted by atomic mass is 16.6. The van der Waals surface area contributed by atoms with Crippen LogP contribution in [0.3, 0.4) is 0 Å². The third kappa shape index (κ3) is 3.72. The first-order chi connectivity index (χ1) is 7.74. The molecule has 1 heterocycles. The fraction of sp³-hybridized carbons (Fsp3) is 0.846. The van der Waals surface area contributed by atoms with Crippen LogP contribution in [0.15, 0.2) is 0 Å². The van der Waals surface area contributed by atoms with Crippen LogP contribution in [0.4, 0.5) is 4.79 Å². The van der Waals surface area contributed by atoms with Gasteiger partial charge in [0.05, 0.1) is 0 Å². The average Bonchev–Trinajstić information content (AvgIpc) is 2.57. The Morgan fingerprint density at radius 1 is 1.29 bits per heavy atom. The van der Waals surface area contributed by atoms with Gasteiger partial charge in [0.25, 0.3) is 0 Å². The number of amides is 1. The number of Topliss-reactive ketones (excluding diaryl/α,β-unsaturated/α-hetero) is 1. The van der Waals surface area contributed by atoms with Crippen molar-refractivity contribution >= 4 is 11.9 Å². The zero-order valence-corrected chi connectivity index (χ0v) is 11.4. The molecule has 2 atom stereocenters. The van der Waals surface area contributed by atoms with Crippen molar-refractivity contribution in [2.24, 2.45) is 11.8 Å². The first-order valence-electron chi connectivity index (χ1n) is 6.25. The van der Waals surface area contributed by atoms with Crippen LogP contribution < -0.4 is 0 Å². The van der Waals surface area contributed by atoms with E-state index in [0.29, 0.717) is 19.5 Å². The molecule has 1 unspecified atom stereocenters. The zero-order chi connectivity index (χ0) is 13.2. The highest BCUT2D eigenvalue weighted by Gasteiger charge is 2.37. The van der Waals surface area contributed by atoms with Crippen LogP contribution in [0.5, 0.6) is 0 Å². The summed E-state index contributed by atoms with van der Waals surface area (Å²) in [5.74, 6) is 0.450. The van der Waals surface area contributed by atoms with E-state index in [9.17, 15) is 9.59 Å². The second-order valence-electron chi connectivity index (χ2n) is 5.79. The number of ketones is 1. The summed E-state index contributed by atoms with van der Waals surface area (Å²) in [7, 11) is 0. The van der Waals surface area contributed by atoms with Crippen LogP contribution in [-0.2, 0) is 9.53 Å². The Morgan fingerprint density at radius 3 is 2.35 bits per heavy atom. The Bertz CT molecular complexity index is 306. The Hall–Kier alpha value is -1.06. The summed E-state index contributed by atoms with van der Waals surface area (Å²) in [6.07, 6.45) is 0.229. The summed E-state index contributed by atoms with van der Waals surface area (Å²) < 4.78 is 5.31. The normalized spacial score (nSPS) is 24.9. The van der Waals surface area contributed by atoms with Crippen LogP contribution in [0.25, 0.3) is 0 Å². The zero-order valence-electron chi connectivity index (χ0n) is 11.4. The van der Waals surface area contributed by atoms with Gasteiger partial charge in [-0.15, -0.1) is 0 Å². The highest BCUT2D eigenvalue weighted by molar-refractivity contribution is 5.82. The predicted octanol–water partition coefficient (Wildman–Crippen LogP) is 2.47. The van der Waals surface area contributed by atoms with E-state index in [1.807, 2.05) is 34.6 Å². The van der Waals surface area contributed by atoms with Crippen molar-refractivity contribution in [1.82, 2.24) is 4.90 Å². The van der Waals surface area contributed by atoms with E-state index in [0.717, 1.165) is 0 Å². The van der Waals surface area contributed by atoms with E-state index in [4.69, 9.17) is 4.74 Å². The minimum Gasteiger partial charge on any atom is -0.444 e. The van der Waals surface area contributed by atoms with E-state index in [2.05, 4.69) is 0 Å². The molecule has 1 saturated heterocycles. The van der Waals surface area contributed by atoms with Crippen molar-refractivity contribution in [3.05, 3.63) is 0 Å². The van der Waals surface area contributed by atoms with E-state index in [1.165, 1.54) is 0 Å². The monoisotopic (exact) mass is 241 g/mol. The van der Waals surface area contributed by atoms with Crippen LogP contribution in [0, 0.1) is 11.8 Å². The molecule has 0 aliphatic carbocycles. The number of carbonyl (C=O) groups is 2. The average molecular weight is 241 g/mol. The number of carbonyl (C=O) groups excluding carboxylic acids is 2. The van der Waals surface area contributed by atoms with Gasteiger partial charge in [-0.2, -0.15) is 0 Å². The molecule has 0 aromatic carbocycles. The quantitative estimate of drug-likeness (QED) is 0.746. The van der Waals surface area contributed by atoms with E-state index >= 15 is 0 Å². The topological polar surface area (TPSA) is 46.6 Å². The predicted molar refractivity (Wildman–Crippen MR) is 65.8 cm³/mol. The fourth-order valence-electron chi connectivity index (χ4n) is 2.12. The van der Waals surface area contributed by atoms with Gasteiger partial charge in [0, 0.05) is 25.4 Å². The molecular weight excluding hydrogens is 218 g/mol. The molecule has 4 nitrogen and oxygen atoms in total. The number of ether oxygens (including phenoxy) is 1. The van der Waals surface area contributed by atoms with Gasteiger partial charge in [0.15, 0.2) is 0 Å². The van der Waals surface area contributed by atoms with Crippen LogP contribution >= 0.6 is 0 Å². The number of nitrogens with zero attached hydrogens (tertiary/aromatic N) is 1. The highest BCUT2D eigenvalue weighted by Crippen LogP contribution is 2.26. The Balaban J connectivity index is 2.60. The maximum Gasteiger partial charge on any atom is 0.410 e. The second-order valence-corrected chi connectivity index (χ2v) is 5.79. The summed E-state index contributed by atoms with van der Waals surface area (Å²) in [6, 6.07) is 0. The molecule has 17 heavy (non-hydrogen) atoms. The van der Waals surface area contributed by atoms with Crippen LogP contribution in [-0.4, -0.2) is 35.5 Å². The summed E-state index contributed by atoms with van der Waals surface area (Å²) in [5.41, 5.74) is -0.479. The van der Waals surface area contributed by atoms with Gasteiger partial charge >= 0.3 is 6.09 Å². The minimum absolute atomic E-state index is 0.0208. The van der Waals surface area contributed by atoms with Gasteiger partial charge in [-0.25, -0.2) is 4.79 Å². The van der Waals surface area contributed by atoms with Gasteiger partial charge in [-0.3, -0.25) is 4.79 Å². The molecule has 98 valence electrons. The molecule has 0 spiro atoms. The van der Waals surface area contributed by atoms with Crippen LogP contribution in [0.2, 0.25) is 0 Å². The number of hydrogen-bond acceptors (Lipinski definition) is 3. The number of likely N-dealkylation sites (tertiary alicyclic amines) is 1. The molecular formula is C13H23NO3. The number of hydrogen-bond donors (Lipinski definition) is 0. The van der Waals surface area contributed by atoms with Gasteiger partial charge in [-0.1, -0.05) is 13.8 Å². The van der Waals surface area contributed by atoms with Gasteiger partial charge in [0.1, 0.15) is 11.4 Å². The van der Waals surface area contributed by atoms with Crippen molar-refractivity contribution in [2.75, 3.05) is 13.1 Å². The van der Waals surface area contributed by atoms with Crippen molar-refractivity contribution in [2.45, 2.75) is 46.6 Å². The smallest absolute Gasteiger partial charge is 0.410 e. The summed E-state index contributed by atoms with van der Waals surface area (Å²) in [5, 5.41) is 0. The SMILES string of the molecule is CCC(=O)C1CN(C(=O)OC(C)(C)C)C[C@H]1C. The molecule has 0 aromatic rings. The summed E-state index contributed by atoms with van der Waals surface area (Å²) in [4.78, 5) is 25.2. The standard InChI is InChI=1S/C13H23NO3/c1-6-11(15)10-8-14(7-9(10)2)12(16)17-13(3,4)5/h9-10H,6-8H2,1-5H3/t9-,10?/m1/s1. The summed E-state index contributed by atoms with van der Waals surface area (Å²) in [6.45, 7) is 10.5. The molecule has 0 saturated carbocycles. The largest absolute Gasteiger partial charge is 0.444 e.